The van der Waals surface area contributed by atoms with E-state index in [1.807, 2.05) is 30.3 Å². The average Bonchev–Trinajstić information content (AvgIpc) is 2.17. The van der Waals surface area contributed by atoms with Crippen molar-refractivity contribution in [2.24, 2.45) is 0 Å². The summed E-state index contributed by atoms with van der Waals surface area (Å²) in [4.78, 5) is 0. The lowest BCUT2D eigenvalue weighted by Gasteiger charge is -2.37. The second-order valence-corrected chi connectivity index (χ2v) is 4.22. The van der Waals surface area contributed by atoms with E-state index in [1.54, 1.807) is 0 Å². The van der Waals surface area contributed by atoms with Gasteiger partial charge in [0.1, 0.15) is 0 Å². The molecule has 1 N–H and O–H groups in total. The zero-order chi connectivity index (χ0) is 10.0. The highest BCUT2D eigenvalue weighted by Gasteiger charge is 2.34. The van der Waals surface area contributed by atoms with Crippen LogP contribution in [0.3, 0.4) is 0 Å². The van der Waals surface area contributed by atoms with Gasteiger partial charge in [-0.15, -0.1) is 0 Å². The Hall–Kier alpha value is -1.08. The minimum absolute atomic E-state index is 0.451. The predicted octanol–water partition coefficient (Wildman–Crippen LogP) is 3.00. The maximum atomic E-state index is 9.98. The fourth-order valence-electron chi connectivity index (χ4n) is 1.93. The summed E-state index contributed by atoms with van der Waals surface area (Å²) in [5, 5.41) is 9.98. The van der Waals surface area contributed by atoms with Crippen LogP contribution < -0.4 is 0 Å². The molecule has 1 fully saturated rings. The van der Waals surface area contributed by atoms with Gasteiger partial charge in [0.2, 0.25) is 0 Å². The Balaban J connectivity index is 2.03. The standard InChI is InChI=1S/C13H16O/c1-11(10-13(14)8-5-9-13)12-6-3-2-4-7-12/h2-4,6-7,14H,1,5,8-10H2. The van der Waals surface area contributed by atoms with Crippen molar-refractivity contribution in [3.05, 3.63) is 42.5 Å². The molecule has 1 heteroatoms. The van der Waals surface area contributed by atoms with E-state index in [4.69, 9.17) is 0 Å². The van der Waals surface area contributed by atoms with E-state index in [9.17, 15) is 5.11 Å². The zero-order valence-corrected chi connectivity index (χ0v) is 8.37. The maximum absolute atomic E-state index is 9.98. The van der Waals surface area contributed by atoms with Crippen molar-refractivity contribution >= 4 is 5.57 Å². The molecule has 0 bridgehead atoms. The van der Waals surface area contributed by atoms with Gasteiger partial charge in [-0.3, -0.25) is 0 Å². The van der Waals surface area contributed by atoms with Gasteiger partial charge in [-0.05, 0) is 30.4 Å². The highest BCUT2D eigenvalue weighted by molar-refractivity contribution is 5.64. The lowest BCUT2D eigenvalue weighted by Crippen LogP contribution is -2.36. The largest absolute Gasteiger partial charge is 0.390 e. The van der Waals surface area contributed by atoms with Crippen LogP contribution in [0.25, 0.3) is 5.57 Å². The molecule has 1 saturated carbocycles. The molecule has 0 atom stereocenters. The van der Waals surface area contributed by atoms with Crippen molar-refractivity contribution in [3.63, 3.8) is 0 Å². The molecule has 1 aromatic rings. The first-order valence-electron chi connectivity index (χ1n) is 5.15. The van der Waals surface area contributed by atoms with Gasteiger partial charge in [-0.25, -0.2) is 0 Å². The first-order chi connectivity index (χ1) is 6.70. The summed E-state index contributed by atoms with van der Waals surface area (Å²) in [5.41, 5.74) is 1.74. The molecule has 0 unspecified atom stereocenters. The minimum atomic E-state index is -0.451. The Morgan fingerprint density at radius 1 is 1.29 bits per heavy atom. The topological polar surface area (TPSA) is 20.2 Å². The van der Waals surface area contributed by atoms with Crippen LogP contribution in [0.1, 0.15) is 31.2 Å². The molecule has 0 amide bonds. The molecule has 74 valence electrons. The van der Waals surface area contributed by atoms with Crippen molar-refractivity contribution in [2.45, 2.75) is 31.3 Å². The van der Waals surface area contributed by atoms with Crippen LogP contribution in [0.2, 0.25) is 0 Å². The normalized spacial score (nSPS) is 18.6. The molecule has 1 aliphatic rings. The Morgan fingerprint density at radius 3 is 2.43 bits per heavy atom. The SMILES string of the molecule is C=C(CC1(O)CCC1)c1ccccc1. The van der Waals surface area contributed by atoms with Gasteiger partial charge < -0.3 is 5.11 Å². The molecular weight excluding hydrogens is 172 g/mol. The Labute approximate surface area is 85.1 Å². The predicted molar refractivity (Wildman–Crippen MR) is 58.9 cm³/mol. The Kier molecular flexibility index (Phi) is 2.42. The third-order valence-corrected chi connectivity index (χ3v) is 3.01. The molecule has 1 nitrogen and oxygen atoms in total. The van der Waals surface area contributed by atoms with Crippen LogP contribution >= 0.6 is 0 Å². The highest BCUT2D eigenvalue weighted by atomic mass is 16.3. The third kappa shape index (κ3) is 1.88. The van der Waals surface area contributed by atoms with E-state index in [0.29, 0.717) is 0 Å². The molecule has 0 radical (unpaired) electrons. The molecule has 2 rings (SSSR count). The Bertz CT molecular complexity index is 322. The molecule has 1 aliphatic carbocycles. The fourth-order valence-corrected chi connectivity index (χ4v) is 1.93. The first-order valence-corrected chi connectivity index (χ1v) is 5.15. The number of hydrogen-bond donors (Lipinski definition) is 1. The third-order valence-electron chi connectivity index (χ3n) is 3.01. The maximum Gasteiger partial charge on any atom is 0.0688 e. The van der Waals surface area contributed by atoms with Gasteiger partial charge in [0.15, 0.2) is 0 Å². The molecule has 0 spiro atoms. The zero-order valence-electron chi connectivity index (χ0n) is 8.37. The van der Waals surface area contributed by atoms with Gasteiger partial charge in [-0.2, -0.15) is 0 Å². The van der Waals surface area contributed by atoms with Crippen molar-refractivity contribution in [1.82, 2.24) is 0 Å². The van der Waals surface area contributed by atoms with Crippen LogP contribution in [-0.4, -0.2) is 10.7 Å². The van der Waals surface area contributed by atoms with Crippen molar-refractivity contribution in [1.29, 1.82) is 0 Å². The monoisotopic (exact) mass is 188 g/mol. The smallest absolute Gasteiger partial charge is 0.0688 e. The van der Waals surface area contributed by atoms with Gasteiger partial charge in [-0.1, -0.05) is 36.9 Å². The summed E-state index contributed by atoms with van der Waals surface area (Å²) in [5.74, 6) is 0. The van der Waals surface area contributed by atoms with Crippen molar-refractivity contribution in [3.8, 4) is 0 Å². The number of aliphatic hydroxyl groups is 1. The summed E-state index contributed by atoms with van der Waals surface area (Å²) >= 11 is 0. The number of hydrogen-bond acceptors (Lipinski definition) is 1. The second-order valence-electron chi connectivity index (χ2n) is 4.22. The average molecular weight is 188 g/mol. The minimum Gasteiger partial charge on any atom is -0.390 e. The van der Waals surface area contributed by atoms with Gasteiger partial charge in [0.25, 0.3) is 0 Å². The molecular formula is C13H16O. The summed E-state index contributed by atoms with van der Waals surface area (Å²) in [6.45, 7) is 4.03. The number of rotatable bonds is 3. The number of benzene rings is 1. The van der Waals surface area contributed by atoms with Crippen molar-refractivity contribution in [2.75, 3.05) is 0 Å². The van der Waals surface area contributed by atoms with E-state index in [-0.39, 0.29) is 0 Å². The lowest BCUT2D eigenvalue weighted by atomic mass is 9.75. The van der Waals surface area contributed by atoms with Gasteiger partial charge in [0.05, 0.1) is 5.60 Å². The summed E-state index contributed by atoms with van der Waals surface area (Å²) in [6.07, 6.45) is 3.73. The Morgan fingerprint density at radius 2 is 1.93 bits per heavy atom. The molecule has 0 aromatic heterocycles. The van der Waals surface area contributed by atoms with E-state index >= 15 is 0 Å². The molecule has 14 heavy (non-hydrogen) atoms. The lowest BCUT2D eigenvalue weighted by molar-refractivity contribution is -0.0278. The van der Waals surface area contributed by atoms with Crippen LogP contribution in [0.15, 0.2) is 36.9 Å². The quantitative estimate of drug-likeness (QED) is 0.773. The van der Waals surface area contributed by atoms with Crippen LogP contribution in [0.5, 0.6) is 0 Å². The summed E-state index contributed by atoms with van der Waals surface area (Å²) in [6, 6.07) is 10.1. The summed E-state index contributed by atoms with van der Waals surface area (Å²) in [7, 11) is 0. The van der Waals surface area contributed by atoms with Gasteiger partial charge in [0, 0.05) is 6.42 Å². The van der Waals surface area contributed by atoms with E-state index in [0.717, 1.165) is 36.8 Å². The summed E-state index contributed by atoms with van der Waals surface area (Å²) < 4.78 is 0. The second kappa shape index (κ2) is 3.58. The van der Waals surface area contributed by atoms with Crippen LogP contribution in [0, 0.1) is 0 Å². The van der Waals surface area contributed by atoms with E-state index in [1.165, 1.54) is 0 Å². The highest BCUT2D eigenvalue weighted by Crippen LogP contribution is 2.38. The first kappa shape index (κ1) is 9.47. The molecule has 1 aromatic carbocycles. The molecule has 0 saturated heterocycles. The van der Waals surface area contributed by atoms with Crippen molar-refractivity contribution < 1.29 is 5.11 Å². The van der Waals surface area contributed by atoms with E-state index < -0.39 is 5.60 Å². The molecule has 0 heterocycles. The molecule has 0 aliphatic heterocycles. The van der Waals surface area contributed by atoms with Gasteiger partial charge >= 0.3 is 0 Å². The van der Waals surface area contributed by atoms with E-state index in [2.05, 4.69) is 6.58 Å². The van der Waals surface area contributed by atoms with Crippen LogP contribution in [-0.2, 0) is 0 Å². The van der Waals surface area contributed by atoms with Crippen LogP contribution in [0.4, 0.5) is 0 Å². The fraction of sp³-hybridized carbons (Fsp3) is 0.385.